The van der Waals surface area contributed by atoms with Crippen molar-refractivity contribution in [2.75, 3.05) is 5.75 Å². The van der Waals surface area contributed by atoms with Crippen molar-refractivity contribution in [3.8, 4) is 0 Å². The molecule has 0 fully saturated rings. The first-order chi connectivity index (χ1) is 10.3. The number of rotatable bonds is 5. The molecule has 21 heavy (non-hydrogen) atoms. The normalized spacial score (nSPS) is 17.7. The van der Waals surface area contributed by atoms with Crippen molar-refractivity contribution in [3.63, 3.8) is 0 Å². The second-order valence-corrected chi connectivity index (χ2v) is 6.44. The third-order valence-electron chi connectivity index (χ3n) is 3.78. The topological polar surface area (TPSA) is 29.9 Å². The Morgan fingerprint density at radius 2 is 2.33 bits per heavy atom. The Bertz CT molecular complexity index is 611. The van der Waals surface area contributed by atoms with E-state index < -0.39 is 0 Å². The highest BCUT2D eigenvalue weighted by Crippen LogP contribution is 2.36. The highest BCUT2D eigenvalue weighted by Gasteiger charge is 2.21. The zero-order chi connectivity index (χ0) is 14.7. The summed E-state index contributed by atoms with van der Waals surface area (Å²) < 4.78 is 15.5. The van der Waals surface area contributed by atoms with E-state index >= 15 is 0 Å². The Hall–Kier alpha value is -1.33. The van der Waals surface area contributed by atoms with Crippen LogP contribution in [0.5, 0.6) is 0 Å². The number of benzene rings is 1. The van der Waals surface area contributed by atoms with Crippen LogP contribution >= 0.6 is 11.8 Å². The molecular weight excluding hydrogens is 285 g/mol. The summed E-state index contributed by atoms with van der Waals surface area (Å²) in [5, 5.41) is 7.91. The summed E-state index contributed by atoms with van der Waals surface area (Å²) in [7, 11) is 0. The summed E-state index contributed by atoms with van der Waals surface area (Å²) in [6.45, 7) is 3.86. The molecule has 0 radical (unpaired) electrons. The number of nitrogens with zero attached hydrogens (tertiary/aromatic N) is 2. The molecule has 112 valence electrons. The van der Waals surface area contributed by atoms with Gasteiger partial charge in [-0.1, -0.05) is 6.92 Å². The zero-order valence-electron chi connectivity index (χ0n) is 12.2. The van der Waals surface area contributed by atoms with E-state index in [4.69, 9.17) is 0 Å². The lowest BCUT2D eigenvalue weighted by Crippen LogP contribution is -2.25. The number of halogens is 1. The molecule has 0 aliphatic carbocycles. The highest BCUT2D eigenvalue weighted by atomic mass is 32.2. The van der Waals surface area contributed by atoms with Gasteiger partial charge in [-0.2, -0.15) is 5.10 Å². The van der Waals surface area contributed by atoms with Crippen LogP contribution < -0.4 is 5.32 Å². The van der Waals surface area contributed by atoms with E-state index in [1.165, 1.54) is 10.6 Å². The maximum absolute atomic E-state index is 13.5. The molecule has 0 amide bonds. The van der Waals surface area contributed by atoms with Crippen molar-refractivity contribution < 1.29 is 4.39 Å². The van der Waals surface area contributed by atoms with Gasteiger partial charge >= 0.3 is 0 Å². The molecule has 2 heterocycles. The van der Waals surface area contributed by atoms with Crippen LogP contribution in [-0.2, 0) is 13.1 Å². The number of aromatic nitrogens is 2. The Labute approximate surface area is 128 Å². The van der Waals surface area contributed by atoms with Gasteiger partial charge in [-0.15, -0.1) is 11.8 Å². The van der Waals surface area contributed by atoms with Crippen molar-refractivity contribution in [3.05, 3.63) is 47.5 Å². The van der Waals surface area contributed by atoms with E-state index in [0.717, 1.165) is 37.2 Å². The third kappa shape index (κ3) is 3.30. The number of hydrogen-bond donors (Lipinski definition) is 1. The van der Waals surface area contributed by atoms with Gasteiger partial charge in [0.1, 0.15) is 5.82 Å². The molecule has 2 aromatic rings. The van der Waals surface area contributed by atoms with Gasteiger partial charge in [0.05, 0.1) is 5.69 Å². The Morgan fingerprint density at radius 3 is 3.19 bits per heavy atom. The monoisotopic (exact) mass is 305 g/mol. The highest BCUT2D eigenvalue weighted by molar-refractivity contribution is 7.99. The molecule has 5 heteroatoms. The van der Waals surface area contributed by atoms with E-state index in [0.29, 0.717) is 0 Å². The molecule has 1 N–H and O–H groups in total. The van der Waals surface area contributed by atoms with Crippen LogP contribution in [0, 0.1) is 5.82 Å². The predicted octanol–water partition coefficient (Wildman–Crippen LogP) is 3.76. The summed E-state index contributed by atoms with van der Waals surface area (Å²) in [5.74, 6) is 0.920. The molecule has 0 saturated heterocycles. The van der Waals surface area contributed by atoms with Crippen LogP contribution in [0.25, 0.3) is 0 Å². The van der Waals surface area contributed by atoms with Gasteiger partial charge in [0.15, 0.2) is 0 Å². The summed E-state index contributed by atoms with van der Waals surface area (Å²) in [6, 6.07) is 7.38. The lowest BCUT2D eigenvalue weighted by atomic mass is 10.0. The first kappa shape index (κ1) is 14.6. The van der Waals surface area contributed by atoms with Crippen molar-refractivity contribution >= 4 is 11.8 Å². The molecule has 1 aromatic carbocycles. The number of fused-ring (bicyclic) bond motifs is 1. The van der Waals surface area contributed by atoms with Crippen LogP contribution in [0.2, 0.25) is 0 Å². The van der Waals surface area contributed by atoms with Gasteiger partial charge in [-0.05, 0) is 48.4 Å². The lowest BCUT2D eigenvalue weighted by Gasteiger charge is -2.26. The quantitative estimate of drug-likeness (QED) is 0.912. The van der Waals surface area contributed by atoms with Crippen molar-refractivity contribution in [2.24, 2.45) is 0 Å². The molecular formula is C16H20FN3S. The average Bonchev–Trinajstić information content (AvgIpc) is 2.93. The standard InChI is InChI=1S/C16H20FN3S/c1-2-8-20-13(5-7-19-20)11-18-15-6-9-21-16-4-3-12(17)10-14(15)16/h3-5,7,10,15,18H,2,6,8-9,11H2,1H3. The molecule has 0 bridgehead atoms. The molecule has 1 atom stereocenters. The zero-order valence-corrected chi connectivity index (χ0v) is 13.0. The first-order valence-corrected chi connectivity index (χ1v) is 8.43. The van der Waals surface area contributed by atoms with Crippen molar-refractivity contribution in [1.82, 2.24) is 15.1 Å². The summed E-state index contributed by atoms with van der Waals surface area (Å²) in [6.07, 6.45) is 3.95. The van der Waals surface area contributed by atoms with Crippen molar-refractivity contribution in [2.45, 2.75) is 43.8 Å². The third-order valence-corrected chi connectivity index (χ3v) is 4.90. The average molecular weight is 305 g/mol. The van der Waals surface area contributed by atoms with Crippen LogP contribution in [0.4, 0.5) is 4.39 Å². The van der Waals surface area contributed by atoms with Gasteiger partial charge < -0.3 is 5.32 Å². The van der Waals surface area contributed by atoms with Crippen LogP contribution in [-0.4, -0.2) is 15.5 Å². The van der Waals surface area contributed by atoms with Crippen LogP contribution in [0.1, 0.15) is 37.1 Å². The molecule has 3 rings (SSSR count). The van der Waals surface area contributed by atoms with Gasteiger partial charge in [-0.3, -0.25) is 4.68 Å². The number of nitrogens with one attached hydrogen (secondary N) is 1. The fourth-order valence-electron chi connectivity index (χ4n) is 2.73. The number of hydrogen-bond acceptors (Lipinski definition) is 3. The fourth-order valence-corrected chi connectivity index (χ4v) is 3.83. The summed E-state index contributed by atoms with van der Waals surface area (Å²) in [4.78, 5) is 1.20. The van der Waals surface area contributed by atoms with Gasteiger partial charge in [0.2, 0.25) is 0 Å². The minimum absolute atomic E-state index is 0.154. The maximum atomic E-state index is 13.5. The van der Waals surface area contributed by atoms with Gasteiger partial charge in [0, 0.05) is 30.2 Å². The second kappa shape index (κ2) is 6.62. The van der Waals surface area contributed by atoms with Gasteiger partial charge in [-0.25, -0.2) is 4.39 Å². The van der Waals surface area contributed by atoms with Crippen LogP contribution in [0.3, 0.4) is 0 Å². The van der Waals surface area contributed by atoms with E-state index in [2.05, 4.69) is 17.3 Å². The largest absolute Gasteiger partial charge is 0.304 e. The molecule has 1 aliphatic rings. The molecule has 1 aliphatic heterocycles. The molecule has 3 nitrogen and oxygen atoms in total. The minimum Gasteiger partial charge on any atom is -0.304 e. The SMILES string of the molecule is CCCn1nccc1CNC1CCSc2ccc(F)cc21. The van der Waals surface area contributed by atoms with E-state index in [-0.39, 0.29) is 11.9 Å². The predicted molar refractivity (Wildman–Crippen MR) is 83.8 cm³/mol. The van der Waals surface area contributed by atoms with E-state index in [1.807, 2.05) is 34.8 Å². The van der Waals surface area contributed by atoms with E-state index in [1.54, 1.807) is 12.1 Å². The second-order valence-electron chi connectivity index (χ2n) is 5.30. The smallest absolute Gasteiger partial charge is 0.123 e. The van der Waals surface area contributed by atoms with Crippen LogP contribution in [0.15, 0.2) is 35.4 Å². The Kier molecular flexibility index (Phi) is 4.60. The Balaban J connectivity index is 1.72. The number of aryl methyl sites for hydroxylation is 1. The molecule has 0 spiro atoms. The lowest BCUT2D eigenvalue weighted by molar-refractivity contribution is 0.478. The molecule has 1 unspecified atom stereocenters. The Morgan fingerprint density at radius 1 is 1.43 bits per heavy atom. The fraction of sp³-hybridized carbons (Fsp3) is 0.438. The maximum Gasteiger partial charge on any atom is 0.123 e. The number of thioether (sulfide) groups is 1. The van der Waals surface area contributed by atoms with Gasteiger partial charge in [0.25, 0.3) is 0 Å². The van der Waals surface area contributed by atoms with E-state index in [9.17, 15) is 4.39 Å². The molecule has 1 aromatic heterocycles. The molecule has 0 saturated carbocycles. The van der Waals surface area contributed by atoms with Crippen molar-refractivity contribution in [1.29, 1.82) is 0 Å². The summed E-state index contributed by atoms with van der Waals surface area (Å²) >= 11 is 1.81. The minimum atomic E-state index is -0.154. The first-order valence-electron chi connectivity index (χ1n) is 7.44. The summed E-state index contributed by atoms with van der Waals surface area (Å²) in [5.41, 5.74) is 2.28.